The van der Waals surface area contributed by atoms with Crippen LogP contribution in [0.15, 0.2) is 0 Å². The lowest BCUT2D eigenvalue weighted by atomic mass is 9.98. The van der Waals surface area contributed by atoms with Crippen LogP contribution in [0, 0.1) is 23.0 Å². The van der Waals surface area contributed by atoms with Crippen molar-refractivity contribution in [2.75, 3.05) is 6.54 Å². The molecule has 1 rings (SSSR count). The van der Waals surface area contributed by atoms with Gasteiger partial charge in [-0.1, -0.05) is 20.8 Å². The fourth-order valence-corrected chi connectivity index (χ4v) is 2.24. The van der Waals surface area contributed by atoms with E-state index >= 15 is 0 Å². The Balaban J connectivity index is 2.98. The van der Waals surface area contributed by atoms with Gasteiger partial charge in [0.2, 0.25) is 0 Å². The zero-order valence-corrected chi connectivity index (χ0v) is 12.4. The van der Waals surface area contributed by atoms with Crippen molar-refractivity contribution < 1.29 is 4.92 Å². The highest BCUT2D eigenvalue weighted by Crippen LogP contribution is 2.24. The first-order valence-electron chi connectivity index (χ1n) is 6.78. The molecule has 1 N–H and O–H groups in total. The number of aryl methyl sites for hydroxylation is 2. The van der Waals surface area contributed by atoms with Gasteiger partial charge < -0.3 is 5.32 Å². The fraction of sp³-hybridized carbons (Fsp3) is 0.769. The molecule has 1 aromatic rings. The number of nitrogens with one attached hydrogen (secondary N) is 1. The van der Waals surface area contributed by atoms with E-state index in [0.29, 0.717) is 23.7 Å². The van der Waals surface area contributed by atoms with Gasteiger partial charge in [0.15, 0.2) is 0 Å². The van der Waals surface area contributed by atoms with E-state index in [1.807, 2.05) is 0 Å². The number of nitrogens with zero attached hydrogens (tertiary/aromatic N) is 3. The zero-order chi connectivity index (χ0) is 14.6. The maximum atomic E-state index is 11.2. The Bertz CT molecular complexity index is 440. The summed E-state index contributed by atoms with van der Waals surface area (Å²) in [4.78, 5) is 10.8. The molecule has 1 unspecified atom stereocenters. The lowest BCUT2D eigenvalue weighted by molar-refractivity contribution is -0.386. The molecule has 0 saturated carbocycles. The third kappa shape index (κ3) is 3.76. The van der Waals surface area contributed by atoms with E-state index in [4.69, 9.17) is 0 Å². The van der Waals surface area contributed by atoms with Gasteiger partial charge in [0.1, 0.15) is 11.4 Å². The molecule has 0 saturated heterocycles. The second kappa shape index (κ2) is 6.65. The van der Waals surface area contributed by atoms with Gasteiger partial charge in [-0.05, 0) is 25.8 Å². The Morgan fingerprint density at radius 3 is 2.58 bits per heavy atom. The first kappa shape index (κ1) is 15.6. The quantitative estimate of drug-likeness (QED) is 0.608. The summed E-state index contributed by atoms with van der Waals surface area (Å²) in [6.45, 7) is 8.98. The minimum absolute atomic E-state index is 0.159. The number of hydrogen-bond donors (Lipinski definition) is 1. The van der Waals surface area contributed by atoms with Gasteiger partial charge in [0.05, 0.1) is 4.92 Å². The van der Waals surface area contributed by atoms with Crippen LogP contribution >= 0.6 is 0 Å². The molecule has 0 radical (unpaired) electrons. The highest BCUT2D eigenvalue weighted by atomic mass is 16.6. The summed E-state index contributed by atoms with van der Waals surface area (Å²) < 4.78 is 1.64. The molecule has 0 amide bonds. The van der Waals surface area contributed by atoms with Gasteiger partial charge in [-0.2, -0.15) is 5.10 Å². The Labute approximate surface area is 114 Å². The van der Waals surface area contributed by atoms with Crippen LogP contribution in [0.2, 0.25) is 0 Å². The van der Waals surface area contributed by atoms with Crippen LogP contribution < -0.4 is 5.32 Å². The van der Waals surface area contributed by atoms with Crippen molar-refractivity contribution in [1.29, 1.82) is 0 Å². The molecule has 0 bridgehead atoms. The van der Waals surface area contributed by atoms with E-state index in [-0.39, 0.29) is 16.7 Å². The highest BCUT2D eigenvalue weighted by molar-refractivity contribution is 5.40. The monoisotopic (exact) mass is 268 g/mol. The first-order chi connectivity index (χ1) is 8.88. The molecule has 0 fully saturated rings. The molecule has 6 nitrogen and oxygen atoms in total. The van der Waals surface area contributed by atoms with Crippen molar-refractivity contribution in [3.05, 3.63) is 21.5 Å². The number of nitro groups is 1. The summed E-state index contributed by atoms with van der Waals surface area (Å²) in [6.07, 6.45) is 1.68. The second-order valence-corrected chi connectivity index (χ2v) is 5.27. The molecule has 0 aliphatic heterocycles. The Morgan fingerprint density at radius 1 is 1.47 bits per heavy atom. The molecule has 19 heavy (non-hydrogen) atoms. The number of rotatable bonds is 7. The summed E-state index contributed by atoms with van der Waals surface area (Å²) in [7, 11) is 1.77. The molecular formula is C13H24N4O2. The summed E-state index contributed by atoms with van der Waals surface area (Å²) in [5.74, 6) is 0.418. The molecule has 108 valence electrons. The van der Waals surface area contributed by atoms with Crippen LogP contribution in [0.3, 0.4) is 0 Å². The lowest BCUT2D eigenvalue weighted by Crippen LogP contribution is -2.37. The van der Waals surface area contributed by atoms with Crippen LogP contribution in [0.25, 0.3) is 0 Å². The van der Waals surface area contributed by atoms with Gasteiger partial charge in [0, 0.05) is 19.5 Å². The largest absolute Gasteiger partial charge is 0.313 e. The van der Waals surface area contributed by atoms with Crippen LogP contribution in [0.1, 0.15) is 38.6 Å². The third-order valence-corrected chi connectivity index (χ3v) is 3.36. The van der Waals surface area contributed by atoms with Crippen LogP contribution in [-0.4, -0.2) is 27.3 Å². The molecule has 1 heterocycles. The minimum atomic E-state index is -0.325. The topological polar surface area (TPSA) is 73.0 Å². The van der Waals surface area contributed by atoms with Crippen molar-refractivity contribution in [1.82, 2.24) is 15.1 Å². The molecule has 0 aliphatic rings. The standard InChI is InChI=1S/C13H24N4O2/c1-6-7-14-11(9(2)3)8-12-13(17(18)19)10(4)15-16(12)5/h9,11,14H,6-8H2,1-5H3. The molecule has 0 aliphatic carbocycles. The molecule has 0 aromatic carbocycles. The average Bonchev–Trinajstić information content (AvgIpc) is 2.58. The van der Waals surface area contributed by atoms with Crippen molar-refractivity contribution in [2.24, 2.45) is 13.0 Å². The minimum Gasteiger partial charge on any atom is -0.313 e. The predicted octanol–water partition coefficient (Wildman–Crippen LogP) is 2.20. The van der Waals surface area contributed by atoms with Crippen LogP contribution in [0.4, 0.5) is 5.69 Å². The van der Waals surface area contributed by atoms with Crippen molar-refractivity contribution in [3.63, 3.8) is 0 Å². The predicted molar refractivity (Wildman–Crippen MR) is 75.2 cm³/mol. The fourth-order valence-electron chi connectivity index (χ4n) is 2.24. The summed E-state index contributed by atoms with van der Waals surface area (Å²) in [5, 5.41) is 18.8. The van der Waals surface area contributed by atoms with Gasteiger partial charge in [-0.3, -0.25) is 14.8 Å². The van der Waals surface area contributed by atoms with Crippen molar-refractivity contribution >= 4 is 5.69 Å². The van der Waals surface area contributed by atoms with Crippen LogP contribution in [-0.2, 0) is 13.5 Å². The maximum Gasteiger partial charge on any atom is 0.313 e. The molecule has 1 aromatic heterocycles. The highest BCUT2D eigenvalue weighted by Gasteiger charge is 2.26. The molecule has 0 spiro atoms. The van der Waals surface area contributed by atoms with E-state index in [9.17, 15) is 10.1 Å². The average molecular weight is 268 g/mol. The van der Waals surface area contributed by atoms with E-state index in [2.05, 4.69) is 31.2 Å². The summed E-state index contributed by atoms with van der Waals surface area (Å²) >= 11 is 0. The lowest BCUT2D eigenvalue weighted by Gasteiger charge is -2.22. The van der Waals surface area contributed by atoms with Gasteiger partial charge >= 0.3 is 5.69 Å². The molecular weight excluding hydrogens is 244 g/mol. The summed E-state index contributed by atoms with van der Waals surface area (Å²) in [5.41, 5.74) is 1.34. The SMILES string of the molecule is CCCNC(Cc1c([N+](=O)[O-])c(C)nn1C)C(C)C. The number of aromatic nitrogens is 2. The van der Waals surface area contributed by atoms with E-state index in [1.165, 1.54) is 0 Å². The van der Waals surface area contributed by atoms with E-state index in [0.717, 1.165) is 13.0 Å². The molecule has 6 heteroatoms. The van der Waals surface area contributed by atoms with Crippen molar-refractivity contribution in [3.8, 4) is 0 Å². The smallest absolute Gasteiger partial charge is 0.313 e. The van der Waals surface area contributed by atoms with E-state index < -0.39 is 0 Å². The third-order valence-electron chi connectivity index (χ3n) is 3.36. The van der Waals surface area contributed by atoms with Gasteiger partial charge in [0.25, 0.3) is 0 Å². The van der Waals surface area contributed by atoms with Crippen molar-refractivity contribution in [2.45, 2.75) is 46.6 Å². The van der Waals surface area contributed by atoms with Crippen LogP contribution in [0.5, 0.6) is 0 Å². The van der Waals surface area contributed by atoms with Gasteiger partial charge in [-0.25, -0.2) is 0 Å². The van der Waals surface area contributed by atoms with E-state index in [1.54, 1.807) is 18.7 Å². The first-order valence-corrected chi connectivity index (χ1v) is 6.78. The zero-order valence-electron chi connectivity index (χ0n) is 12.4. The summed E-state index contributed by atoms with van der Waals surface area (Å²) in [6, 6.07) is 0.230. The normalized spacial score (nSPS) is 12.9. The molecule has 1 atom stereocenters. The number of hydrogen-bond acceptors (Lipinski definition) is 4. The Hall–Kier alpha value is -1.43. The Morgan fingerprint density at radius 2 is 2.11 bits per heavy atom. The maximum absolute atomic E-state index is 11.2. The van der Waals surface area contributed by atoms with Gasteiger partial charge in [-0.15, -0.1) is 0 Å². The second-order valence-electron chi connectivity index (χ2n) is 5.27. The Kier molecular flexibility index (Phi) is 5.47.